The maximum atomic E-state index is 12.4. The van der Waals surface area contributed by atoms with E-state index >= 15 is 0 Å². The van der Waals surface area contributed by atoms with Gasteiger partial charge in [-0.05, 0) is 55.5 Å². The van der Waals surface area contributed by atoms with Crippen LogP contribution in [0.5, 0.6) is 11.5 Å². The molecule has 29 heavy (non-hydrogen) atoms. The largest absolute Gasteiger partial charge is 0.495 e. The molecule has 3 aromatic rings. The first-order valence-corrected chi connectivity index (χ1v) is 9.32. The highest BCUT2D eigenvalue weighted by Gasteiger charge is 2.10. The van der Waals surface area contributed by atoms with E-state index in [1.165, 1.54) is 13.2 Å². The van der Waals surface area contributed by atoms with Gasteiger partial charge in [-0.25, -0.2) is 4.68 Å². The Bertz CT molecular complexity index is 1060. The Morgan fingerprint density at radius 2 is 1.90 bits per heavy atom. The number of amides is 1. The predicted octanol–water partition coefficient (Wildman–Crippen LogP) is 3.61. The molecule has 0 atom stereocenters. The van der Waals surface area contributed by atoms with Gasteiger partial charge in [-0.3, -0.25) is 9.59 Å². The van der Waals surface area contributed by atoms with Crippen molar-refractivity contribution >= 4 is 23.2 Å². The van der Waals surface area contributed by atoms with Crippen molar-refractivity contribution in [2.45, 2.75) is 13.5 Å². The second kappa shape index (κ2) is 9.25. The molecule has 0 aliphatic heterocycles. The van der Waals surface area contributed by atoms with Gasteiger partial charge >= 0.3 is 0 Å². The van der Waals surface area contributed by atoms with Crippen LogP contribution in [0.2, 0.25) is 5.02 Å². The Kier molecular flexibility index (Phi) is 6.51. The molecular formula is C21H20ClN3O4. The molecule has 1 amide bonds. The molecule has 0 saturated carbocycles. The summed E-state index contributed by atoms with van der Waals surface area (Å²) in [5.41, 5.74) is 1.51. The minimum absolute atomic E-state index is 0.229. The average Bonchev–Trinajstić information content (AvgIpc) is 2.71. The second-order valence-electron chi connectivity index (χ2n) is 6.07. The molecule has 0 saturated heterocycles. The minimum atomic E-state index is -0.398. The summed E-state index contributed by atoms with van der Waals surface area (Å²) in [6, 6.07) is 15.2. The van der Waals surface area contributed by atoms with Gasteiger partial charge in [0.1, 0.15) is 18.0 Å². The number of rotatable bonds is 7. The van der Waals surface area contributed by atoms with E-state index in [0.29, 0.717) is 28.8 Å². The molecule has 0 aliphatic rings. The van der Waals surface area contributed by atoms with Crippen LogP contribution in [0.15, 0.2) is 59.4 Å². The van der Waals surface area contributed by atoms with Gasteiger partial charge in [-0.2, -0.15) is 5.10 Å². The smallest absolute Gasteiger partial charge is 0.267 e. The SMILES string of the molecule is CCOc1ccc(-c2ccc(=O)n(CC(=O)Nc3ccc(OC)c(Cl)c3)n2)cc1. The number of hydrogen-bond acceptors (Lipinski definition) is 5. The van der Waals surface area contributed by atoms with Gasteiger partial charge in [0.2, 0.25) is 5.91 Å². The third kappa shape index (κ3) is 5.14. The van der Waals surface area contributed by atoms with E-state index in [2.05, 4.69) is 10.4 Å². The van der Waals surface area contributed by atoms with Crippen LogP contribution in [-0.4, -0.2) is 29.4 Å². The standard InChI is InChI=1S/C21H20ClN3O4/c1-3-29-16-7-4-14(5-8-16)18-9-11-21(27)25(24-18)13-20(26)23-15-6-10-19(28-2)17(22)12-15/h4-12H,3,13H2,1-2H3,(H,23,26). The molecule has 8 heteroatoms. The summed E-state index contributed by atoms with van der Waals surface area (Å²) in [5.74, 6) is 0.859. The highest BCUT2D eigenvalue weighted by Crippen LogP contribution is 2.27. The highest BCUT2D eigenvalue weighted by molar-refractivity contribution is 6.32. The molecule has 1 aromatic heterocycles. The Morgan fingerprint density at radius 1 is 1.14 bits per heavy atom. The number of ether oxygens (including phenoxy) is 2. The number of benzene rings is 2. The number of carbonyl (C=O) groups is 1. The van der Waals surface area contributed by atoms with Crippen molar-refractivity contribution in [3.63, 3.8) is 0 Å². The molecule has 150 valence electrons. The molecular weight excluding hydrogens is 394 g/mol. The van der Waals surface area contributed by atoms with Crippen LogP contribution >= 0.6 is 11.6 Å². The maximum Gasteiger partial charge on any atom is 0.267 e. The van der Waals surface area contributed by atoms with Gasteiger partial charge in [0.25, 0.3) is 5.56 Å². The first kappa shape index (κ1) is 20.4. The van der Waals surface area contributed by atoms with Gasteiger partial charge in [-0.1, -0.05) is 11.6 Å². The third-order valence-corrected chi connectivity index (χ3v) is 4.35. The van der Waals surface area contributed by atoms with Crippen molar-refractivity contribution in [3.05, 3.63) is 70.0 Å². The lowest BCUT2D eigenvalue weighted by atomic mass is 10.1. The fourth-order valence-electron chi connectivity index (χ4n) is 2.69. The number of halogens is 1. The van der Waals surface area contributed by atoms with Crippen LogP contribution < -0.4 is 20.3 Å². The van der Waals surface area contributed by atoms with Crippen molar-refractivity contribution in [1.82, 2.24) is 9.78 Å². The van der Waals surface area contributed by atoms with Crippen LogP contribution in [0.1, 0.15) is 6.92 Å². The number of carbonyl (C=O) groups excluding carboxylic acids is 1. The molecule has 0 radical (unpaired) electrons. The number of methoxy groups -OCH3 is 1. The van der Waals surface area contributed by atoms with Gasteiger partial charge in [0.05, 0.1) is 24.4 Å². The van der Waals surface area contributed by atoms with Crippen LogP contribution in [0.4, 0.5) is 5.69 Å². The molecule has 2 aromatic carbocycles. The zero-order chi connectivity index (χ0) is 20.8. The topological polar surface area (TPSA) is 82.5 Å². The number of hydrogen-bond donors (Lipinski definition) is 1. The van der Waals surface area contributed by atoms with Crippen LogP contribution in [0, 0.1) is 0 Å². The predicted molar refractivity (Wildman–Crippen MR) is 112 cm³/mol. The monoisotopic (exact) mass is 413 g/mol. The van der Waals surface area contributed by atoms with Gasteiger partial charge in [0.15, 0.2) is 0 Å². The van der Waals surface area contributed by atoms with Crippen LogP contribution in [0.3, 0.4) is 0 Å². The summed E-state index contributed by atoms with van der Waals surface area (Å²) in [4.78, 5) is 24.5. The van der Waals surface area contributed by atoms with Gasteiger partial charge in [0, 0.05) is 17.3 Å². The van der Waals surface area contributed by atoms with E-state index in [1.54, 1.807) is 24.3 Å². The first-order valence-electron chi connectivity index (χ1n) is 8.95. The summed E-state index contributed by atoms with van der Waals surface area (Å²) >= 11 is 6.07. The third-order valence-electron chi connectivity index (χ3n) is 4.06. The van der Waals surface area contributed by atoms with E-state index in [0.717, 1.165) is 16.0 Å². The Hall–Kier alpha value is -3.32. The van der Waals surface area contributed by atoms with E-state index in [1.807, 2.05) is 31.2 Å². The molecule has 3 rings (SSSR count). The van der Waals surface area contributed by atoms with Crippen molar-refractivity contribution in [2.75, 3.05) is 19.0 Å². The summed E-state index contributed by atoms with van der Waals surface area (Å²) in [6.07, 6.45) is 0. The van der Waals surface area contributed by atoms with E-state index in [4.69, 9.17) is 21.1 Å². The summed E-state index contributed by atoms with van der Waals surface area (Å²) in [6.45, 7) is 2.26. The number of nitrogens with one attached hydrogen (secondary N) is 1. The van der Waals surface area contributed by atoms with E-state index in [-0.39, 0.29) is 12.1 Å². The lowest BCUT2D eigenvalue weighted by Crippen LogP contribution is -2.29. The van der Waals surface area contributed by atoms with Crippen LogP contribution in [-0.2, 0) is 11.3 Å². The molecule has 7 nitrogen and oxygen atoms in total. The summed E-state index contributed by atoms with van der Waals surface area (Å²) < 4.78 is 11.6. The summed E-state index contributed by atoms with van der Waals surface area (Å²) in [7, 11) is 1.51. The van der Waals surface area contributed by atoms with Crippen molar-refractivity contribution in [2.24, 2.45) is 0 Å². The zero-order valence-electron chi connectivity index (χ0n) is 16.0. The number of nitrogens with zero attached hydrogens (tertiary/aromatic N) is 2. The molecule has 0 fully saturated rings. The van der Waals surface area contributed by atoms with E-state index < -0.39 is 5.91 Å². The van der Waals surface area contributed by atoms with Crippen molar-refractivity contribution in [3.8, 4) is 22.8 Å². The molecule has 0 unspecified atom stereocenters. The Balaban J connectivity index is 1.75. The maximum absolute atomic E-state index is 12.4. The normalized spacial score (nSPS) is 10.4. The Labute approximate surface area is 172 Å². The molecule has 0 aliphatic carbocycles. The van der Waals surface area contributed by atoms with Crippen LogP contribution in [0.25, 0.3) is 11.3 Å². The lowest BCUT2D eigenvalue weighted by molar-refractivity contribution is -0.117. The average molecular weight is 414 g/mol. The zero-order valence-corrected chi connectivity index (χ0v) is 16.8. The molecule has 0 bridgehead atoms. The first-order chi connectivity index (χ1) is 14.0. The van der Waals surface area contributed by atoms with E-state index in [9.17, 15) is 9.59 Å². The fraction of sp³-hybridized carbons (Fsp3) is 0.190. The van der Waals surface area contributed by atoms with Gasteiger partial charge < -0.3 is 14.8 Å². The van der Waals surface area contributed by atoms with Gasteiger partial charge in [-0.15, -0.1) is 0 Å². The quantitative estimate of drug-likeness (QED) is 0.639. The van der Waals surface area contributed by atoms with Crippen molar-refractivity contribution < 1.29 is 14.3 Å². The lowest BCUT2D eigenvalue weighted by Gasteiger charge is -2.10. The Morgan fingerprint density at radius 3 is 2.55 bits per heavy atom. The molecule has 1 N–H and O–H groups in total. The highest BCUT2D eigenvalue weighted by atomic mass is 35.5. The van der Waals surface area contributed by atoms with Crippen molar-refractivity contribution in [1.29, 1.82) is 0 Å². The number of anilines is 1. The fourth-order valence-corrected chi connectivity index (χ4v) is 2.94. The summed E-state index contributed by atoms with van der Waals surface area (Å²) in [5, 5.41) is 7.37. The molecule has 1 heterocycles. The molecule has 0 spiro atoms. The number of aromatic nitrogens is 2. The second-order valence-corrected chi connectivity index (χ2v) is 6.48. The minimum Gasteiger partial charge on any atom is -0.495 e.